The van der Waals surface area contributed by atoms with Crippen molar-refractivity contribution < 1.29 is 19.4 Å². The second-order valence-corrected chi connectivity index (χ2v) is 7.57. The van der Waals surface area contributed by atoms with Gasteiger partial charge in [-0.15, -0.1) is 0 Å². The maximum atomic E-state index is 12.8. The van der Waals surface area contributed by atoms with Crippen molar-refractivity contribution in [2.45, 2.75) is 24.9 Å². The highest BCUT2D eigenvalue weighted by Crippen LogP contribution is 2.39. The Balaban J connectivity index is 1.44. The molecule has 2 aliphatic heterocycles. The van der Waals surface area contributed by atoms with Crippen molar-refractivity contribution in [3.63, 3.8) is 0 Å². The quantitative estimate of drug-likeness (QED) is 0.809. The zero-order chi connectivity index (χ0) is 19.6. The van der Waals surface area contributed by atoms with E-state index in [1.54, 1.807) is 18.2 Å². The lowest BCUT2D eigenvalue weighted by Gasteiger charge is -2.35. The van der Waals surface area contributed by atoms with Gasteiger partial charge in [-0.3, -0.25) is 9.69 Å². The second kappa shape index (κ2) is 7.60. The van der Waals surface area contributed by atoms with Gasteiger partial charge in [0.25, 0.3) is 0 Å². The molecule has 144 valence electrons. The molecule has 0 aliphatic carbocycles. The fourth-order valence-corrected chi connectivity index (χ4v) is 4.06. The Bertz CT molecular complexity index is 921. The van der Waals surface area contributed by atoms with Gasteiger partial charge in [0.15, 0.2) is 5.78 Å². The van der Waals surface area contributed by atoms with Crippen LogP contribution < -0.4 is 4.74 Å². The number of nitrogens with zero attached hydrogens (tertiary/aromatic N) is 1. The molecule has 5 heteroatoms. The number of carbonyl (C=O) groups excluding carboxylic acids is 1. The van der Waals surface area contributed by atoms with Gasteiger partial charge in [0.2, 0.25) is 0 Å². The molecule has 1 spiro atoms. The fraction of sp³-hybridized carbons (Fsp3) is 0.304. The van der Waals surface area contributed by atoms with E-state index in [9.17, 15) is 9.59 Å². The van der Waals surface area contributed by atoms with Crippen molar-refractivity contribution in [1.82, 2.24) is 4.90 Å². The average molecular weight is 377 g/mol. The highest BCUT2D eigenvalue weighted by atomic mass is 16.5. The van der Waals surface area contributed by atoms with Crippen LogP contribution in [0.25, 0.3) is 6.08 Å². The van der Waals surface area contributed by atoms with Gasteiger partial charge in [-0.1, -0.05) is 36.4 Å². The number of likely N-dealkylation sites (tertiary alicyclic amines) is 1. The number of ether oxygens (including phenoxy) is 1. The summed E-state index contributed by atoms with van der Waals surface area (Å²) < 4.78 is 6.31. The molecule has 0 bridgehead atoms. The third-order valence-electron chi connectivity index (χ3n) is 5.49. The molecule has 0 aromatic heterocycles. The van der Waals surface area contributed by atoms with Crippen LogP contribution in [-0.4, -0.2) is 47.0 Å². The van der Waals surface area contributed by atoms with E-state index in [1.165, 1.54) is 11.6 Å². The number of fused-ring (bicyclic) bond motifs is 1. The summed E-state index contributed by atoms with van der Waals surface area (Å²) in [4.78, 5) is 25.8. The first kappa shape index (κ1) is 18.4. The maximum Gasteiger partial charge on any atom is 0.328 e. The summed E-state index contributed by atoms with van der Waals surface area (Å²) in [5.41, 5.74) is 2.10. The number of rotatable bonds is 5. The van der Waals surface area contributed by atoms with E-state index in [2.05, 4.69) is 29.2 Å². The summed E-state index contributed by atoms with van der Waals surface area (Å²) in [7, 11) is 0. The van der Waals surface area contributed by atoms with E-state index in [1.807, 2.05) is 6.07 Å². The molecule has 1 N–H and O–H groups in total. The summed E-state index contributed by atoms with van der Waals surface area (Å²) in [5.74, 6) is -0.342. The summed E-state index contributed by atoms with van der Waals surface area (Å²) in [6.45, 7) is 2.63. The van der Waals surface area contributed by atoms with Gasteiger partial charge < -0.3 is 9.84 Å². The Morgan fingerprint density at radius 1 is 1.21 bits per heavy atom. The summed E-state index contributed by atoms with van der Waals surface area (Å²) in [6.07, 6.45) is 4.75. The Kier molecular flexibility index (Phi) is 5.01. The molecule has 2 heterocycles. The van der Waals surface area contributed by atoms with E-state index in [4.69, 9.17) is 9.84 Å². The van der Waals surface area contributed by atoms with Crippen LogP contribution in [0.4, 0.5) is 0 Å². The Morgan fingerprint density at radius 2 is 2.04 bits per heavy atom. The van der Waals surface area contributed by atoms with E-state index in [0.717, 1.165) is 38.6 Å². The summed E-state index contributed by atoms with van der Waals surface area (Å²) >= 11 is 0. The standard InChI is InChI=1S/C23H23NO4/c25-20-15-23(11-13-24(16-23)12-10-17-4-2-1-3-5-17)28-21-8-6-18(14-19(20)21)7-9-22(26)27/h1-9,14H,10-13,15-16H2,(H,26,27). The van der Waals surface area contributed by atoms with Gasteiger partial charge in [-0.25, -0.2) is 4.79 Å². The topological polar surface area (TPSA) is 66.8 Å². The largest absolute Gasteiger partial charge is 0.485 e. The molecule has 5 nitrogen and oxygen atoms in total. The van der Waals surface area contributed by atoms with Gasteiger partial charge >= 0.3 is 5.97 Å². The summed E-state index contributed by atoms with van der Waals surface area (Å²) in [6, 6.07) is 15.7. The van der Waals surface area contributed by atoms with Crippen LogP contribution in [0.5, 0.6) is 5.75 Å². The smallest absolute Gasteiger partial charge is 0.328 e. The van der Waals surface area contributed by atoms with Gasteiger partial charge in [0.1, 0.15) is 11.4 Å². The Hall–Kier alpha value is -2.92. The predicted octanol–water partition coefficient (Wildman–Crippen LogP) is 3.44. The first-order valence-corrected chi connectivity index (χ1v) is 9.57. The van der Waals surface area contributed by atoms with Crippen LogP contribution in [-0.2, 0) is 11.2 Å². The lowest BCUT2D eigenvalue weighted by molar-refractivity contribution is -0.131. The van der Waals surface area contributed by atoms with E-state index < -0.39 is 11.6 Å². The molecule has 0 saturated carbocycles. The Labute approximate surface area is 164 Å². The third kappa shape index (κ3) is 3.99. The molecule has 2 aliphatic rings. The second-order valence-electron chi connectivity index (χ2n) is 7.57. The molecular weight excluding hydrogens is 354 g/mol. The van der Waals surface area contributed by atoms with Crippen molar-refractivity contribution in [3.8, 4) is 5.75 Å². The lowest BCUT2D eigenvalue weighted by Crippen LogP contribution is -2.44. The van der Waals surface area contributed by atoms with Gasteiger partial charge in [-0.05, 0) is 35.8 Å². The van der Waals surface area contributed by atoms with E-state index >= 15 is 0 Å². The first-order chi connectivity index (χ1) is 13.5. The van der Waals surface area contributed by atoms with Crippen molar-refractivity contribution in [2.75, 3.05) is 19.6 Å². The average Bonchev–Trinajstić information content (AvgIpc) is 3.07. The molecule has 1 saturated heterocycles. The first-order valence-electron chi connectivity index (χ1n) is 9.57. The fourth-order valence-electron chi connectivity index (χ4n) is 4.06. The van der Waals surface area contributed by atoms with Crippen LogP contribution in [0.15, 0.2) is 54.6 Å². The number of carboxylic acids is 1. The van der Waals surface area contributed by atoms with E-state index in [0.29, 0.717) is 23.3 Å². The molecule has 1 unspecified atom stereocenters. The number of Topliss-reactive ketones (excluding diaryl/α,β-unsaturated/α-hetero) is 1. The molecule has 2 aromatic rings. The van der Waals surface area contributed by atoms with Crippen LogP contribution in [0.3, 0.4) is 0 Å². The van der Waals surface area contributed by atoms with Crippen molar-refractivity contribution >= 4 is 17.8 Å². The van der Waals surface area contributed by atoms with Crippen LogP contribution in [0.2, 0.25) is 0 Å². The summed E-state index contributed by atoms with van der Waals surface area (Å²) in [5, 5.41) is 8.76. The molecule has 2 aromatic carbocycles. The number of hydrogen-bond acceptors (Lipinski definition) is 4. The molecule has 4 rings (SSSR count). The van der Waals surface area contributed by atoms with Gasteiger partial charge in [0, 0.05) is 32.1 Å². The minimum Gasteiger partial charge on any atom is -0.485 e. The molecule has 0 radical (unpaired) electrons. The zero-order valence-corrected chi connectivity index (χ0v) is 15.6. The number of carbonyl (C=O) groups is 2. The number of aliphatic carboxylic acids is 1. The maximum absolute atomic E-state index is 12.8. The van der Waals surface area contributed by atoms with E-state index in [-0.39, 0.29) is 5.78 Å². The van der Waals surface area contributed by atoms with Crippen LogP contribution in [0.1, 0.15) is 34.3 Å². The zero-order valence-electron chi connectivity index (χ0n) is 15.6. The molecule has 1 fully saturated rings. The van der Waals surface area contributed by atoms with Gasteiger partial charge in [-0.2, -0.15) is 0 Å². The monoisotopic (exact) mass is 377 g/mol. The SMILES string of the molecule is O=C(O)C=Cc1ccc2c(c1)C(=O)CC1(CCN(CCc3ccccc3)C1)O2. The van der Waals surface area contributed by atoms with Crippen LogP contribution >= 0.6 is 0 Å². The molecule has 1 atom stereocenters. The minimum absolute atomic E-state index is 0.0664. The Morgan fingerprint density at radius 3 is 2.82 bits per heavy atom. The molecular formula is C23H23NO4. The van der Waals surface area contributed by atoms with Crippen molar-refractivity contribution in [1.29, 1.82) is 0 Å². The molecule has 28 heavy (non-hydrogen) atoms. The van der Waals surface area contributed by atoms with Crippen molar-refractivity contribution in [2.24, 2.45) is 0 Å². The predicted molar refractivity (Wildman–Crippen MR) is 107 cm³/mol. The highest BCUT2D eigenvalue weighted by Gasteiger charge is 2.45. The third-order valence-corrected chi connectivity index (χ3v) is 5.49. The number of carboxylic acid groups (broad SMARTS) is 1. The lowest BCUT2D eigenvalue weighted by atomic mass is 9.88. The highest BCUT2D eigenvalue weighted by molar-refractivity contribution is 6.01. The normalized spacial score (nSPS) is 21.8. The number of benzene rings is 2. The number of hydrogen-bond donors (Lipinski definition) is 1. The van der Waals surface area contributed by atoms with Crippen LogP contribution in [0, 0.1) is 0 Å². The minimum atomic E-state index is -1.01. The molecule has 0 amide bonds. The number of ketones is 1. The van der Waals surface area contributed by atoms with Gasteiger partial charge in [0.05, 0.1) is 12.0 Å². The van der Waals surface area contributed by atoms with Crippen molar-refractivity contribution in [3.05, 3.63) is 71.3 Å².